The smallest absolute Gasteiger partial charge is 0.282 e. The number of anilines is 2. The summed E-state index contributed by atoms with van der Waals surface area (Å²) in [7, 11) is 0. The first kappa shape index (κ1) is 23.8. The van der Waals surface area contributed by atoms with Crippen molar-refractivity contribution in [2.24, 2.45) is 0 Å². The predicted molar refractivity (Wildman–Crippen MR) is 146 cm³/mol. The van der Waals surface area contributed by atoms with E-state index in [1.165, 1.54) is 0 Å². The van der Waals surface area contributed by atoms with Crippen molar-refractivity contribution < 1.29 is 8.78 Å². The van der Waals surface area contributed by atoms with Crippen LogP contribution >= 0.6 is 0 Å². The summed E-state index contributed by atoms with van der Waals surface area (Å²) in [5, 5.41) is 11.2. The highest BCUT2D eigenvalue weighted by Crippen LogP contribution is 2.36. The summed E-state index contributed by atoms with van der Waals surface area (Å²) in [4.78, 5) is 10.9. The van der Waals surface area contributed by atoms with Crippen molar-refractivity contribution in [1.29, 1.82) is 0 Å². The number of H-pyrrole nitrogens is 1. The van der Waals surface area contributed by atoms with E-state index in [0.29, 0.717) is 17.3 Å². The molecule has 38 heavy (non-hydrogen) atoms. The van der Waals surface area contributed by atoms with Crippen molar-refractivity contribution in [3.8, 4) is 22.5 Å². The maximum atomic E-state index is 13.5. The Morgan fingerprint density at radius 3 is 2.55 bits per heavy atom. The van der Waals surface area contributed by atoms with Crippen molar-refractivity contribution in [1.82, 2.24) is 29.6 Å². The summed E-state index contributed by atoms with van der Waals surface area (Å²) in [6, 6.07) is 18.0. The van der Waals surface area contributed by atoms with Crippen LogP contribution in [0.3, 0.4) is 0 Å². The lowest BCUT2D eigenvalue weighted by atomic mass is 10.1. The van der Waals surface area contributed by atoms with Gasteiger partial charge in [0.05, 0.1) is 30.7 Å². The van der Waals surface area contributed by atoms with E-state index < -0.39 is 5.92 Å². The number of fused-ring (bicyclic) bond motifs is 1. The second kappa shape index (κ2) is 9.41. The van der Waals surface area contributed by atoms with Gasteiger partial charge in [0.15, 0.2) is 5.82 Å². The first-order valence-corrected chi connectivity index (χ1v) is 12.6. The normalized spacial score (nSPS) is 14.4. The molecule has 0 radical (unpaired) electrons. The molecule has 0 unspecified atom stereocenters. The predicted octanol–water partition coefficient (Wildman–Crippen LogP) is 6.56. The van der Waals surface area contributed by atoms with Crippen molar-refractivity contribution in [3.63, 3.8) is 0 Å². The van der Waals surface area contributed by atoms with Gasteiger partial charge >= 0.3 is 0 Å². The standard InChI is InChI=1S/C29H27F2N7/c1-3-12-38-25(19(2)37-17-29(30,31)18-37)13-21-4-5-22(14-26(21)38)28-32-11-10-27(36-28)35-24-8-6-20(7-9-24)23-15-33-34-16-23/h4-11,13-16H,2-3,12,17-18H2,1H3,(H,33,34)(H,32,35,36). The van der Waals surface area contributed by atoms with Gasteiger partial charge in [-0.1, -0.05) is 37.8 Å². The van der Waals surface area contributed by atoms with E-state index in [-0.39, 0.29) is 13.1 Å². The van der Waals surface area contributed by atoms with Gasteiger partial charge in [-0.25, -0.2) is 18.7 Å². The molecule has 0 saturated carbocycles. The molecule has 0 atom stereocenters. The number of nitrogens with zero attached hydrogens (tertiary/aromatic N) is 5. The number of nitrogens with one attached hydrogen (secondary N) is 2. The zero-order chi connectivity index (χ0) is 26.3. The van der Waals surface area contributed by atoms with Crippen LogP contribution in [0.2, 0.25) is 0 Å². The van der Waals surface area contributed by atoms with Crippen molar-refractivity contribution in [3.05, 3.63) is 85.5 Å². The van der Waals surface area contributed by atoms with Crippen LogP contribution in [0.1, 0.15) is 19.0 Å². The summed E-state index contributed by atoms with van der Waals surface area (Å²) in [5.74, 6) is -1.36. The Kier molecular flexibility index (Phi) is 5.90. The van der Waals surface area contributed by atoms with E-state index in [9.17, 15) is 8.78 Å². The van der Waals surface area contributed by atoms with E-state index in [0.717, 1.165) is 51.9 Å². The number of aromatic nitrogens is 5. The third-order valence-corrected chi connectivity index (χ3v) is 6.78. The van der Waals surface area contributed by atoms with Gasteiger partial charge in [-0.15, -0.1) is 0 Å². The van der Waals surface area contributed by atoms with Gasteiger partial charge in [-0.05, 0) is 42.3 Å². The highest BCUT2D eigenvalue weighted by Gasteiger charge is 2.44. The molecule has 0 aliphatic carbocycles. The quantitative estimate of drug-likeness (QED) is 0.247. The van der Waals surface area contributed by atoms with E-state index >= 15 is 0 Å². The molecule has 3 aromatic heterocycles. The van der Waals surface area contributed by atoms with Crippen LogP contribution in [0.5, 0.6) is 0 Å². The molecule has 9 heteroatoms. The third-order valence-electron chi connectivity index (χ3n) is 6.78. The van der Waals surface area contributed by atoms with E-state index in [4.69, 9.17) is 4.98 Å². The molecule has 7 nitrogen and oxygen atoms in total. The summed E-state index contributed by atoms with van der Waals surface area (Å²) in [6.45, 7) is 6.41. The Bertz CT molecular complexity index is 1600. The minimum Gasteiger partial charge on any atom is -0.358 e. The monoisotopic (exact) mass is 511 g/mol. The van der Waals surface area contributed by atoms with Gasteiger partial charge < -0.3 is 14.8 Å². The minimum atomic E-state index is -2.64. The van der Waals surface area contributed by atoms with Crippen LogP contribution in [0.4, 0.5) is 20.3 Å². The fourth-order valence-corrected chi connectivity index (χ4v) is 4.83. The molecule has 4 heterocycles. The van der Waals surface area contributed by atoms with Crippen molar-refractivity contribution in [2.45, 2.75) is 25.8 Å². The Morgan fingerprint density at radius 2 is 1.84 bits per heavy atom. The van der Waals surface area contributed by atoms with Crippen LogP contribution in [0.25, 0.3) is 39.1 Å². The van der Waals surface area contributed by atoms with Gasteiger partial charge in [0.25, 0.3) is 5.92 Å². The van der Waals surface area contributed by atoms with Crippen LogP contribution in [-0.4, -0.2) is 48.6 Å². The SMILES string of the molecule is C=C(c1cc2ccc(-c3nccc(Nc4ccc(-c5cn[nH]c5)cc4)n3)cc2n1CCC)N1CC(F)(F)C1. The van der Waals surface area contributed by atoms with Gasteiger partial charge in [0.2, 0.25) is 0 Å². The summed E-state index contributed by atoms with van der Waals surface area (Å²) in [5.41, 5.74) is 6.38. The highest BCUT2D eigenvalue weighted by molar-refractivity contribution is 5.88. The Morgan fingerprint density at radius 1 is 1.05 bits per heavy atom. The molecule has 0 amide bonds. The molecular formula is C29H27F2N7. The highest BCUT2D eigenvalue weighted by atomic mass is 19.3. The van der Waals surface area contributed by atoms with Crippen molar-refractivity contribution in [2.75, 3.05) is 18.4 Å². The molecule has 0 bridgehead atoms. The third kappa shape index (κ3) is 4.51. The van der Waals surface area contributed by atoms with Gasteiger partial charge in [0, 0.05) is 46.7 Å². The molecule has 1 aliphatic heterocycles. The lowest BCUT2D eigenvalue weighted by molar-refractivity contribution is -0.105. The lowest BCUT2D eigenvalue weighted by Crippen LogP contribution is -2.54. The topological polar surface area (TPSA) is 74.7 Å². The molecule has 0 spiro atoms. The first-order chi connectivity index (χ1) is 18.4. The fraction of sp³-hybridized carbons (Fsp3) is 0.207. The Balaban J connectivity index is 1.27. The number of likely N-dealkylation sites (tertiary alicyclic amines) is 1. The number of halogens is 2. The van der Waals surface area contributed by atoms with E-state index in [1.807, 2.05) is 54.7 Å². The van der Waals surface area contributed by atoms with Gasteiger partial charge in [-0.3, -0.25) is 5.10 Å². The number of alkyl halides is 2. The van der Waals surface area contributed by atoms with Crippen LogP contribution < -0.4 is 5.32 Å². The maximum absolute atomic E-state index is 13.5. The number of hydrogen-bond acceptors (Lipinski definition) is 5. The van der Waals surface area contributed by atoms with Crippen LogP contribution in [0.15, 0.2) is 79.8 Å². The second-order valence-electron chi connectivity index (χ2n) is 9.57. The number of aryl methyl sites for hydroxylation is 1. The average Bonchev–Trinajstić information content (AvgIpc) is 3.56. The zero-order valence-electron chi connectivity index (χ0n) is 21.0. The van der Waals surface area contributed by atoms with Crippen LogP contribution in [0, 0.1) is 0 Å². The number of rotatable bonds is 8. The number of aromatic amines is 1. The molecule has 5 aromatic rings. The van der Waals surface area contributed by atoms with Crippen LogP contribution in [-0.2, 0) is 6.54 Å². The largest absolute Gasteiger partial charge is 0.358 e. The molecular weight excluding hydrogens is 484 g/mol. The summed E-state index contributed by atoms with van der Waals surface area (Å²) in [6.07, 6.45) is 6.28. The minimum absolute atomic E-state index is 0.287. The lowest BCUT2D eigenvalue weighted by Gasteiger charge is -2.41. The molecule has 6 rings (SSSR count). The fourth-order valence-electron chi connectivity index (χ4n) is 4.83. The average molecular weight is 512 g/mol. The number of benzene rings is 2. The molecule has 2 N–H and O–H groups in total. The van der Waals surface area contributed by atoms with Crippen molar-refractivity contribution >= 4 is 28.1 Å². The first-order valence-electron chi connectivity index (χ1n) is 12.6. The maximum Gasteiger partial charge on any atom is 0.282 e. The van der Waals surface area contributed by atoms with Gasteiger partial charge in [-0.2, -0.15) is 5.10 Å². The molecule has 1 saturated heterocycles. The molecule has 1 aliphatic rings. The summed E-state index contributed by atoms with van der Waals surface area (Å²) < 4.78 is 29.1. The summed E-state index contributed by atoms with van der Waals surface area (Å²) >= 11 is 0. The zero-order valence-corrected chi connectivity index (χ0v) is 21.0. The van der Waals surface area contributed by atoms with E-state index in [1.54, 1.807) is 17.3 Å². The molecule has 1 fully saturated rings. The molecule has 2 aromatic carbocycles. The van der Waals surface area contributed by atoms with Gasteiger partial charge in [0.1, 0.15) is 5.82 Å². The Labute approximate surface area is 218 Å². The molecule has 192 valence electrons. The Hall–Kier alpha value is -4.53. The second-order valence-corrected chi connectivity index (χ2v) is 9.57. The number of hydrogen-bond donors (Lipinski definition) is 2. The van der Waals surface area contributed by atoms with E-state index in [2.05, 4.69) is 44.6 Å².